The Morgan fingerprint density at radius 2 is 1.95 bits per heavy atom. The van der Waals surface area contributed by atoms with Crippen LogP contribution in [0.1, 0.15) is 27.2 Å². The standard InChI is InChI=1S/C15H32N2O2S/c1-13(2)10-14(3)19-12-15(18)11-16-4-5-17-6-8-20-9-7-17/h13-16,18H,4-12H2,1-3H3. The van der Waals surface area contributed by atoms with Gasteiger partial charge in [0, 0.05) is 44.2 Å². The minimum atomic E-state index is -0.401. The van der Waals surface area contributed by atoms with Crippen molar-refractivity contribution < 1.29 is 9.84 Å². The van der Waals surface area contributed by atoms with E-state index in [-0.39, 0.29) is 6.10 Å². The second-order valence-electron chi connectivity index (χ2n) is 6.09. The summed E-state index contributed by atoms with van der Waals surface area (Å²) in [6, 6.07) is 0. The summed E-state index contributed by atoms with van der Waals surface area (Å²) in [6.07, 6.45) is 0.879. The summed E-state index contributed by atoms with van der Waals surface area (Å²) in [6.45, 7) is 11.9. The zero-order valence-electron chi connectivity index (χ0n) is 13.3. The van der Waals surface area contributed by atoms with Gasteiger partial charge in [-0.05, 0) is 19.3 Å². The van der Waals surface area contributed by atoms with E-state index in [1.807, 2.05) is 11.8 Å². The van der Waals surface area contributed by atoms with E-state index >= 15 is 0 Å². The fraction of sp³-hybridized carbons (Fsp3) is 1.00. The first-order valence-corrected chi connectivity index (χ1v) is 9.04. The van der Waals surface area contributed by atoms with Crippen LogP contribution >= 0.6 is 11.8 Å². The molecule has 1 saturated heterocycles. The van der Waals surface area contributed by atoms with Crippen LogP contribution in [0.25, 0.3) is 0 Å². The molecule has 5 heteroatoms. The maximum Gasteiger partial charge on any atom is 0.0897 e. The van der Waals surface area contributed by atoms with Gasteiger partial charge < -0.3 is 20.1 Å². The zero-order chi connectivity index (χ0) is 14.8. The highest BCUT2D eigenvalue weighted by molar-refractivity contribution is 7.99. The van der Waals surface area contributed by atoms with E-state index in [0.717, 1.165) is 19.5 Å². The lowest BCUT2D eigenvalue weighted by molar-refractivity contribution is -0.00854. The molecule has 1 rings (SSSR count). The molecule has 1 heterocycles. The maximum absolute atomic E-state index is 9.86. The van der Waals surface area contributed by atoms with Crippen LogP contribution in [-0.4, -0.2) is 73.1 Å². The van der Waals surface area contributed by atoms with Gasteiger partial charge in [-0.3, -0.25) is 0 Å². The Labute approximate surface area is 128 Å². The zero-order valence-corrected chi connectivity index (χ0v) is 14.1. The van der Waals surface area contributed by atoms with Crippen molar-refractivity contribution in [2.45, 2.75) is 39.4 Å². The van der Waals surface area contributed by atoms with Gasteiger partial charge in [0.1, 0.15) is 0 Å². The molecule has 4 nitrogen and oxygen atoms in total. The molecule has 1 fully saturated rings. The minimum absolute atomic E-state index is 0.232. The summed E-state index contributed by atoms with van der Waals surface area (Å²) in [5, 5.41) is 13.2. The monoisotopic (exact) mass is 304 g/mol. The predicted octanol–water partition coefficient (Wildman–Crippen LogP) is 1.44. The predicted molar refractivity (Wildman–Crippen MR) is 87.5 cm³/mol. The normalized spacial score (nSPS) is 20.2. The number of hydrogen-bond acceptors (Lipinski definition) is 5. The number of hydrogen-bond donors (Lipinski definition) is 2. The Morgan fingerprint density at radius 3 is 2.60 bits per heavy atom. The molecule has 0 aromatic carbocycles. The van der Waals surface area contributed by atoms with E-state index in [4.69, 9.17) is 4.74 Å². The quantitative estimate of drug-likeness (QED) is 0.598. The van der Waals surface area contributed by atoms with E-state index in [2.05, 4.69) is 31.0 Å². The van der Waals surface area contributed by atoms with Crippen LogP contribution in [0.5, 0.6) is 0 Å². The SMILES string of the molecule is CC(C)CC(C)OCC(O)CNCCN1CCSCC1. The van der Waals surface area contributed by atoms with Crippen LogP contribution < -0.4 is 5.32 Å². The highest BCUT2D eigenvalue weighted by Gasteiger charge is 2.11. The smallest absolute Gasteiger partial charge is 0.0897 e. The summed E-state index contributed by atoms with van der Waals surface area (Å²) >= 11 is 2.04. The summed E-state index contributed by atoms with van der Waals surface area (Å²) < 4.78 is 5.66. The molecule has 0 bridgehead atoms. The topological polar surface area (TPSA) is 44.7 Å². The summed E-state index contributed by atoms with van der Waals surface area (Å²) in [7, 11) is 0. The van der Waals surface area contributed by atoms with Crippen LogP contribution in [0.4, 0.5) is 0 Å². The lowest BCUT2D eigenvalue weighted by atomic mass is 10.1. The molecule has 2 N–H and O–H groups in total. The van der Waals surface area contributed by atoms with E-state index < -0.39 is 6.10 Å². The largest absolute Gasteiger partial charge is 0.389 e. The van der Waals surface area contributed by atoms with Crippen molar-refractivity contribution in [3.8, 4) is 0 Å². The number of rotatable bonds is 10. The molecule has 1 aliphatic heterocycles. The van der Waals surface area contributed by atoms with Gasteiger partial charge in [0.2, 0.25) is 0 Å². The molecule has 120 valence electrons. The third-order valence-electron chi connectivity index (χ3n) is 3.46. The van der Waals surface area contributed by atoms with Crippen molar-refractivity contribution in [3.05, 3.63) is 0 Å². The molecule has 0 aliphatic carbocycles. The molecule has 2 atom stereocenters. The number of nitrogens with zero attached hydrogens (tertiary/aromatic N) is 1. The number of thioether (sulfide) groups is 1. The molecule has 0 spiro atoms. The summed E-state index contributed by atoms with van der Waals surface area (Å²) in [5.74, 6) is 3.15. The van der Waals surface area contributed by atoms with Crippen LogP contribution in [0, 0.1) is 5.92 Å². The van der Waals surface area contributed by atoms with Crippen LogP contribution in [0.3, 0.4) is 0 Å². The molecule has 1 aliphatic rings. The fourth-order valence-electron chi connectivity index (χ4n) is 2.40. The van der Waals surface area contributed by atoms with E-state index in [1.165, 1.54) is 24.6 Å². The molecule has 0 aromatic rings. The molecule has 0 radical (unpaired) electrons. The van der Waals surface area contributed by atoms with Gasteiger partial charge in [0.15, 0.2) is 0 Å². The minimum Gasteiger partial charge on any atom is -0.389 e. The van der Waals surface area contributed by atoms with Gasteiger partial charge in [-0.2, -0.15) is 11.8 Å². The van der Waals surface area contributed by atoms with Gasteiger partial charge in [-0.15, -0.1) is 0 Å². The van der Waals surface area contributed by atoms with Crippen molar-refractivity contribution in [2.24, 2.45) is 5.92 Å². The van der Waals surface area contributed by atoms with Crippen LogP contribution in [-0.2, 0) is 4.74 Å². The molecule has 2 unspecified atom stereocenters. The fourth-order valence-corrected chi connectivity index (χ4v) is 3.38. The van der Waals surface area contributed by atoms with Gasteiger partial charge in [-0.25, -0.2) is 0 Å². The van der Waals surface area contributed by atoms with Gasteiger partial charge >= 0.3 is 0 Å². The first kappa shape index (κ1) is 18.2. The Bertz CT molecular complexity index is 236. The van der Waals surface area contributed by atoms with Gasteiger partial charge in [0.25, 0.3) is 0 Å². The van der Waals surface area contributed by atoms with Gasteiger partial charge in [0.05, 0.1) is 18.8 Å². The molecule has 0 amide bonds. The number of ether oxygens (including phenoxy) is 1. The Kier molecular flexibility index (Phi) is 9.90. The number of nitrogens with one attached hydrogen (secondary N) is 1. The van der Waals surface area contributed by atoms with E-state index in [1.54, 1.807) is 0 Å². The summed E-state index contributed by atoms with van der Waals surface area (Å²) in [4.78, 5) is 2.48. The van der Waals surface area contributed by atoms with E-state index in [9.17, 15) is 5.11 Å². The number of aliphatic hydroxyl groups excluding tert-OH is 1. The first-order valence-electron chi connectivity index (χ1n) is 7.88. The highest BCUT2D eigenvalue weighted by atomic mass is 32.2. The highest BCUT2D eigenvalue weighted by Crippen LogP contribution is 2.08. The Morgan fingerprint density at radius 1 is 1.25 bits per heavy atom. The van der Waals surface area contributed by atoms with Gasteiger partial charge in [-0.1, -0.05) is 13.8 Å². The van der Waals surface area contributed by atoms with Crippen molar-refractivity contribution in [1.29, 1.82) is 0 Å². The molecule has 0 saturated carbocycles. The maximum atomic E-state index is 9.86. The van der Waals surface area contributed by atoms with E-state index in [0.29, 0.717) is 19.1 Å². The van der Waals surface area contributed by atoms with Crippen molar-refractivity contribution in [1.82, 2.24) is 10.2 Å². The van der Waals surface area contributed by atoms with Crippen LogP contribution in [0.15, 0.2) is 0 Å². The second-order valence-corrected chi connectivity index (χ2v) is 7.31. The average Bonchev–Trinajstić information content (AvgIpc) is 2.42. The van der Waals surface area contributed by atoms with Crippen LogP contribution in [0.2, 0.25) is 0 Å². The lowest BCUT2D eigenvalue weighted by Crippen LogP contribution is -2.40. The lowest BCUT2D eigenvalue weighted by Gasteiger charge is -2.26. The average molecular weight is 304 g/mol. The third kappa shape index (κ3) is 9.19. The Balaban J connectivity index is 1.95. The third-order valence-corrected chi connectivity index (χ3v) is 4.41. The molecule has 20 heavy (non-hydrogen) atoms. The Hall–Kier alpha value is 0.190. The van der Waals surface area contributed by atoms with Crippen molar-refractivity contribution in [3.63, 3.8) is 0 Å². The first-order chi connectivity index (χ1) is 9.58. The molecule has 0 aromatic heterocycles. The summed E-state index contributed by atoms with van der Waals surface area (Å²) in [5.41, 5.74) is 0. The number of aliphatic hydroxyl groups is 1. The van der Waals surface area contributed by atoms with Crippen molar-refractivity contribution >= 4 is 11.8 Å². The van der Waals surface area contributed by atoms with Crippen molar-refractivity contribution in [2.75, 3.05) is 50.8 Å². The molecular formula is C15H32N2O2S. The molecular weight excluding hydrogens is 272 g/mol. The second kappa shape index (κ2) is 10.9.